The molecule has 0 aromatic carbocycles. The van der Waals surface area contributed by atoms with Gasteiger partial charge in [-0.3, -0.25) is 4.79 Å². The number of aromatic nitrogens is 4. The molecule has 0 saturated carbocycles. The van der Waals surface area contributed by atoms with Crippen LogP contribution in [0.1, 0.15) is 5.56 Å². The van der Waals surface area contributed by atoms with Crippen LogP contribution in [0.2, 0.25) is 5.15 Å². The average molecular weight is 282 g/mol. The Bertz CT molecular complexity index is 568. The number of nitrogen functional groups attached to an aromatic ring is 1. The summed E-state index contributed by atoms with van der Waals surface area (Å²) >= 11 is 5.71. The van der Waals surface area contributed by atoms with Crippen molar-refractivity contribution in [3.63, 3.8) is 0 Å². The fourth-order valence-electron chi connectivity index (χ4n) is 1.00. The van der Waals surface area contributed by atoms with Gasteiger partial charge in [-0.15, -0.1) is 10.2 Å². The molecule has 0 bridgehead atoms. The highest BCUT2D eigenvalue weighted by atomic mass is 35.5. The van der Waals surface area contributed by atoms with Crippen LogP contribution in [-0.4, -0.2) is 32.3 Å². The van der Waals surface area contributed by atoms with Gasteiger partial charge in [0.15, 0.2) is 10.8 Å². The molecule has 98 valence electrons. The van der Waals surface area contributed by atoms with E-state index in [9.17, 15) is 13.2 Å². The lowest BCUT2D eigenvalue weighted by Crippen LogP contribution is -2.07. The monoisotopic (exact) mass is 281 g/mol. The summed E-state index contributed by atoms with van der Waals surface area (Å²) in [4.78, 5) is 8.70. The van der Waals surface area contributed by atoms with Gasteiger partial charge in [-0.1, -0.05) is 11.6 Å². The molecule has 0 unspecified atom stereocenters. The number of nitrogens with zero attached hydrogens (tertiary/aromatic N) is 4. The number of anilines is 1. The Kier molecular flexibility index (Phi) is 4.07. The van der Waals surface area contributed by atoms with Gasteiger partial charge in [0.2, 0.25) is 12.2 Å². The lowest BCUT2D eigenvalue weighted by molar-refractivity contribution is -0.156. The van der Waals surface area contributed by atoms with Crippen molar-refractivity contribution in [2.24, 2.45) is 0 Å². The smallest absolute Gasteiger partial charge is 0.366 e. The standard InChI is InChI=1S/C6H6ClN5.C2HF3O/c1-3-2-4(7)11-12-5(3)9-10-6(12)8;3-2(4,5)1-6/h2H,1H3,(H2,8,10);1H. The normalized spacial score (nSPS) is 10.9. The van der Waals surface area contributed by atoms with Crippen LogP contribution in [0.3, 0.4) is 0 Å². The Morgan fingerprint density at radius 2 is 2.00 bits per heavy atom. The summed E-state index contributed by atoms with van der Waals surface area (Å²) in [5.74, 6) is 0.246. The SMILES string of the molecule is Cc1cc(Cl)nn2c(N)nnc12.O=CC(F)(F)F. The molecule has 6 nitrogen and oxygen atoms in total. The van der Waals surface area contributed by atoms with E-state index >= 15 is 0 Å². The average Bonchev–Trinajstić information content (AvgIpc) is 2.61. The second-order valence-electron chi connectivity index (χ2n) is 3.10. The van der Waals surface area contributed by atoms with Crippen LogP contribution in [-0.2, 0) is 4.79 Å². The van der Waals surface area contributed by atoms with E-state index in [1.54, 1.807) is 6.07 Å². The van der Waals surface area contributed by atoms with Crippen molar-refractivity contribution in [1.82, 2.24) is 19.8 Å². The number of aldehydes is 1. The van der Waals surface area contributed by atoms with Crippen LogP contribution in [0.4, 0.5) is 19.1 Å². The van der Waals surface area contributed by atoms with E-state index in [1.165, 1.54) is 4.52 Å². The molecule has 2 aromatic rings. The van der Waals surface area contributed by atoms with Crippen molar-refractivity contribution < 1.29 is 18.0 Å². The van der Waals surface area contributed by atoms with Crippen LogP contribution >= 0.6 is 11.6 Å². The number of nitrogens with two attached hydrogens (primary N) is 1. The molecule has 0 saturated heterocycles. The number of hydrogen-bond acceptors (Lipinski definition) is 5. The van der Waals surface area contributed by atoms with E-state index in [4.69, 9.17) is 22.1 Å². The number of fused-ring (bicyclic) bond motifs is 1. The molecule has 0 amide bonds. The zero-order valence-electron chi connectivity index (χ0n) is 8.94. The molecule has 10 heteroatoms. The van der Waals surface area contributed by atoms with Crippen LogP contribution in [0.15, 0.2) is 6.07 Å². The van der Waals surface area contributed by atoms with Gasteiger partial charge in [0.1, 0.15) is 0 Å². The third-order valence-corrected chi connectivity index (χ3v) is 1.87. The van der Waals surface area contributed by atoms with Crippen molar-refractivity contribution in [2.75, 3.05) is 5.73 Å². The topological polar surface area (TPSA) is 86.2 Å². The van der Waals surface area contributed by atoms with Gasteiger partial charge in [0.05, 0.1) is 0 Å². The van der Waals surface area contributed by atoms with E-state index in [-0.39, 0.29) is 5.95 Å². The number of hydrogen-bond donors (Lipinski definition) is 1. The number of aryl methyl sites for hydroxylation is 1. The van der Waals surface area contributed by atoms with Gasteiger partial charge in [-0.05, 0) is 18.6 Å². The predicted molar refractivity (Wildman–Crippen MR) is 57.1 cm³/mol. The van der Waals surface area contributed by atoms with Crippen LogP contribution in [0.25, 0.3) is 5.65 Å². The van der Waals surface area contributed by atoms with Gasteiger partial charge in [0, 0.05) is 0 Å². The Morgan fingerprint density at radius 3 is 2.50 bits per heavy atom. The van der Waals surface area contributed by atoms with Crippen LogP contribution in [0, 0.1) is 6.92 Å². The largest absolute Gasteiger partial charge is 0.446 e. The first-order valence-electron chi connectivity index (χ1n) is 4.41. The van der Waals surface area contributed by atoms with E-state index in [0.29, 0.717) is 10.8 Å². The van der Waals surface area contributed by atoms with Gasteiger partial charge in [-0.2, -0.15) is 22.8 Å². The highest BCUT2D eigenvalue weighted by molar-refractivity contribution is 6.29. The maximum absolute atomic E-state index is 10.4. The fourth-order valence-corrected chi connectivity index (χ4v) is 1.24. The van der Waals surface area contributed by atoms with Gasteiger partial charge >= 0.3 is 6.18 Å². The van der Waals surface area contributed by atoms with Gasteiger partial charge < -0.3 is 5.73 Å². The first-order chi connectivity index (χ1) is 8.24. The van der Waals surface area contributed by atoms with Crippen molar-refractivity contribution in [3.8, 4) is 0 Å². The number of alkyl halides is 3. The lowest BCUT2D eigenvalue weighted by atomic mass is 10.3. The number of rotatable bonds is 0. The Morgan fingerprint density at radius 1 is 1.44 bits per heavy atom. The number of carbonyl (C=O) groups excluding carboxylic acids is 1. The first kappa shape index (κ1) is 14.2. The molecule has 0 atom stereocenters. The summed E-state index contributed by atoms with van der Waals surface area (Å²) in [6, 6.07) is 1.71. The highest BCUT2D eigenvalue weighted by Crippen LogP contribution is 2.13. The van der Waals surface area contributed by atoms with E-state index in [0.717, 1.165) is 5.56 Å². The highest BCUT2D eigenvalue weighted by Gasteiger charge is 2.24. The lowest BCUT2D eigenvalue weighted by Gasteiger charge is -1.96. The molecule has 2 heterocycles. The van der Waals surface area contributed by atoms with Gasteiger partial charge in [-0.25, -0.2) is 0 Å². The van der Waals surface area contributed by atoms with Crippen molar-refractivity contribution in [3.05, 3.63) is 16.8 Å². The third-order valence-electron chi connectivity index (χ3n) is 1.68. The minimum absolute atomic E-state index is 0.246. The predicted octanol–water partition coefficient (Wildman–Crippen LogP) is 1.42. The van der Waals surface area contributed by atoms with E-state index < -0.39 is 12.5 Å². The number of carbonyl (C=O) groups is 1. The molecule has 2 N–H and O–H groups in total. The first-order valence-corrected chi connectivity index (χ1v) is 4.79. The Balaban J connectivity index is 0.000000232. The van der Waals surface area contributed by atoms with Crippen LogP contribution in [0.5, 0.6) is 0 Å². The number of halogens is 4. The molecule has 18 heavy (non-hydrogen) atoms. The third kappa shape index (κ3) is 3.55. The maximum atomic E-state index is 10.4. The zero-order chi connectivity index (χ0) is 13.9. The van der Waals surface area contributed by atoms with Crippen LogP contribution < -0.4 is 5.73 Å². The Labute approximate surface area is 104 Å². The summed E-state index contributed by atoms with van der Waals surface area (Å²) in [6.07, 6.45) is -5.70. The fraction of sp³-hybridized carbons (Fsp3) is 0.250. The summed E-state index contributed by atoms with van der Waals surface area (Å²) < 4.78 is 32.7. The van der Waals surface area contributed by atoms with Crippen molar-refractivity contribution in [1.29, 1.82) is 0 Å². The molecule has 0 spiro atoms. The maximum Gasteiger partial charge on any atom is 0.446 e. The van der Waals surface area contributed by atoms with Crippen molar-refractivity contribution in [2.45, 2.75) is 13.1 Å². The molecule has 2 rings (SSSR count). The molecular weight excluding hydrogens is 275 g/mol. The van der Waals surface area contributed by atoms with E-state index in [2.05, 4.69) is 15.3 Å². The molecule has 0 aliphatic rings. The second-order valence-corrected chi connectivity index (χ2v) is 3.49. The molecule has 0 radical (unpaired) electrons. The minimum Gasteiger partial charge on any atom is -0.366 e. The quantitative estimate of drug-likeness (QED) is 0.738. The molecule has 0 aliphatic heterocycles. The molecule has 0 fully saturated rings. The second kappa shape index (κ2) is 5.17. The van der Waals surface area contributed by atoms with Gasteiger partial charge in [0.25, 0.3) is 0 Å². The zero-order valence-corrected chi connectivity index (χ0v) is 9.70. The summed E-state index contributed by atoms with van der Waals surface area (Å²) in [7, 11) is 0. The van der Waals surface area contributed by atoms with E-state index in [1.807, 2.05) is 6.92 Å². The Hall–Kier alpha value is -1.90. The minimum atomic E-state index is -4.64. The van der Waals surface area contributed by atoms with Crippen molar-refractivity contribution >= 4 is 29.5 Å². The molecule has 0 aliphatic carbocycles. The molecular formula is C8H7ClF3N5O. The summed E-state index contributed by atoms with van der Waals surface area (Å²) in [5.41, 5.74) is 7.02. The molecule has 2 aromatic heterocycles. The summed E-state index contributed by atoms with van der Waals surface area (Å²) in [5, 5.41) is 11.8. The summed E-state index contributed by atoms with van der Waals surface area (Å²) in [6.45, 7) is 1.87.